The van der Waals surface area contributed by atoms with E-state index in [-0.39, 0.29) is 18.6 Å². The molecule has 5 heteroatoms. The highest BCUT2D eigenvalue weighted by Gasteiger charge is 2.14. The van der Waals surface area contributed by atoms with Gasteiger partial charge in [0.25, 0.3) is 5.91 Å². The number of nitrogens with one attached hydrogen (secondary N) is 1. The Morgan fingerprint density at radius 1 is 1.53 bits per heavy atom. The van der Waals surface area contributed by atoms with Gasteiger partial charge in [0.1, 0.15) is 0 Å². The van der Waals surface area contributed by atoms with Crippen LogP contribution >= 0.6 is 23.4 Å². The molecule has 2 N–H and O–H groups in total. The Bertz CT molecular complexity index is 367. The molecule has 0 saturated heterocycles. The van der Waals surface area contributed by atoms with Crippen molar-refractivity contribution in [1.82, 2.24) is 5.32 Å². The molecular weight excluding hydrogens is 258 g/mol. The molecule has 1 aromatic rings. The summed E-state index contributed by atoms with van der Waals surface area (Å²) in [5.74, 6) is 0.583. The van der Waals surface area contributed by atoms with Gasteiger partial charge in [-0.1, -0.05) is 23.7 Å². The zero-order chi connectivity index (χ0) is 12.7. The van der Waals surface area contributed by atoms with E-state index < -0.39 is 0 Å². The molecule has 1 atom stereocenters. The lowest BCUT2D eigenvalue weighted by molar-refractivity contribution is 0.0935. The van der Waals surface area contributed by atoms with E-state index in [0.29, 0.717) is 17.0 Å². The molecule has 3 nitrogen and oxygen atoms in total. The van der Waals surface area contributed by atoms with Crippen LogP contribution in [0.5, 0.6) is 0 Å². The molecule has 0 spiro atoms. The average Bonchev–Trinajstić information content (AvgIpc) is 2.30. The predicted octanol–water partition coefficient (Wildman–Crippen LogP) is 2.18. The van der Waals surface area contributed by atoms with Gasteiger partial charge < -0.3 is 10.4 Å². The van der Waals surface area contributed by atoms with E-state index in [2.05, 4.69) is 5.32 Å². The number of aliphatic hydroxyl groups is 1. The van der Waals surface area contributed by atoms with Crippen molar-refractivity contribution in [3.05, 3.63) is 34.9 Å². The van der Waals surface area contributed by atoms with Gasteiger partial charge in [0.05, 0.1) is 10.6 Å². The third-order valence-electron chi connectivity index (χ3n) is 2.30. The van der Waals surface area contributed by atoms with Crippen LogP contribution in [0.15, 0.2) is 24.3 Å². The fraction of sp³-hybridized carbons (Fsp3) is 0.417. The molecule has 0 aliphatic carbocycles. The number of rotatable bonds is 6. The van der Waals surface area contributed by atoms with Crippen LogP contribution in [0.2, 0.25) is 5.02 Å². The van der Waals surface area contributed by atoms with Crippen LogP contribution in [0.1, 0.15) is 16.8 Å². The van der Waals surface area contributed by atoms with Crippen LogP contribution in [0, 0.1) is 0 Å². The second kappa shape index (κ2) is 7.58. The van der Waals surface area contributed by atoms with E-state index >= 15 is 0 Å². The summed E-state index contributed by atoms with van der Waals surface area (Å²) in [6.07, 6.45) is 2.52. The molecule has 0 heterocycles. The molecule has 1 amide bonds. The fourth-order valence-electron chi connectivity index (χ4n) is 1.46. The van der Waals surface area contributed by atoms with E-state index in [1.54, 1.807) is 36.0 Å². The Morgan fingerprint density at radius 3 is 2.82 bits per heavy atom. The molecule has 17 heavy (non-hydrogen) atoms. The number of benzene rings is 1. The summed E-state index contributed by atoms with van der Waals surface area (Å²) in [5.41, 5.74) is 0.471. The molecule has 1 rings (SSSR count). The quantitative estimate of drug-likeness (QED) is 0.835. The van der Waals surface area contributed by atoms with Crippen LogP contribution in [0.4, 0.5) is 0 Å². The normalized spacial score (nSPS) is 12.2. The van der Waals surface area contributed by atoms with Gasteiger partial charge in [-0.05, 0) is 24.8 Å². The Morgan fingerprint density at radius 2 is 2.24 bits per heavy atom. The first-order valence-corrected chi connectivity index (χ1v) is 7.11. The summed E-state index contributed by atoms with van der Waals surface area (Å²) in [6, 6.07) is 6.90. The van der Waals surface area contributed by atoms with Gasteiger partial charge in [-0.15, -0.1) is 0 Å². The number of hydrogen-bond donors (Lipinski definition) is 2. The molecule has 0 aliphatic heterocycles. The maximum atomic E-state index is 11.9. The second-order valence-electron chi connectivity index (χ2n) is 3.62. The van der Waals surface area contributed by atoms with Gasteiger partial charge in [-0.2, -0.15) is 11.8 Å². The molecule has 0 aromatic heterocycles. The van der Waals surface area contributed by atoms with Crippen LogP contribution in [-0.2, 0) is 0 Å². The molecule has 1 aromatic carbocycles. The summed E-state index contributed by atoms with van der Waals surface area (Å²) in [7, 11) is 0. The monoisotopic (exact) mass is 273 g/mol. The number of amides is 1. The zero-order valence-electron chi connectivity index (χ0n) is 9.65. The second-order valence-corrected chi connectivity index (χ2v) is 4.94. The van der Waals surface area contributed by atoms with Crippen molar-refractivity contribution in [3.8, 4) is 0 Å². The standard InChI is InChI=1S/C12H16ClNO2S/c1-17-8-9(6-7-15)14-12(16)10-4-2-3-5-11(10)13/h2-5,9,15H,6-8H2,1H3,(H,14,16). The number of carbonyl (C=O) groups excluding carboxylic acids is 1. The molecule has 0 radical (unpaired) electrons. The van der Waals surface area contributed by atoms with Gasteiger partial charge in [0, 0.05) is 18.4 Å². The molecule has 94 valence electrons. The average molecular weight is 274 g/mol. The smallest absolute Gasteiger partial charge is 0.253 e. The van der Waals surface area contributed by atoms with Crippen molar-refractivity contribution in [2.24, 2.45) is 0 Å². The zero-order valence-corrected chi connectivity index (χ0v) is 11.2. The van der Waals surface area contributed by atoms with E-state index in [1.165, 1.54) is 0 Å². The summed E-state index contributed by atoms with van der Waals surface area (Å²) in [5, 5.41) is 12.2. The minimum Gasteiger partial charge on any atom is -0.396 e. The Labute approximate surface area is 111 Å². The lowest BCUT2D eigenvalue weighted by Gasteiger charge is -2.17. The van der Waals surface area contributed by atoms with Crippen LogP contribution < -0.4 is 5.32 Å². The van der Waals surface area contributed by atoms with E-state index in [4.69, 9.17) is 16.7 Å². The lowest BCUT2D eigenvalue weighted by Crippen LogP contribution is -2.37. The molecule has 0 fully saturated rings. The summed E-state index contributed by atoms with van der Waals surface area (Å²) in [6.45, 7) is 0.0635. The topological polar surface area (TPSA) is 49.3 Å². The number of hydrogen-bond acceptors (Lipinski definition) is 3. The maximum absolute atomic E-state index is 11.9. The van der Waals surface area contributed by atoms with Gasteiger partial charge in [-0.3, -0.25) is 4.79 Å². The minimum absolute atomic E-state index is 0.0289. The van der Waals surface area contributed by atoms with E-state index in [1.807, 2.05) is 6.26 Å². The first-order chi connectivity index (χ1) is 8.19. The third kappa shape index (κ3) is 4.58. The van der Waals surface area contributed by atoms with Crippen LogP contribution in [0.25, 0.3) is 0 Å². The van der Waals surface area contributed by atoms with Crippen molar-refractivity contribution in [1.29, 1.82) is 0 Å². The number of carbonyl (C=O) groups is 1. The Balaban J connectivity index is 2.67. The largest absolute Gasteiger partial charge is 0.396 e. The first kappa shape index (κ1) is 14.4. The Hall–Kier alpha value is -0.710. The van der Waals surface area contributed by atoms with Crippen LogP contribution in [-0.4, -0.2) is 35.7 Å². The molecular formula is C12H16ClNO2S. The minimum atomic E-state index is -0.192. The van der Waals surface area contributed by atoms with Gasteiger partial charge in [0.2, 0.25) is 0 Å². The predicted molar refractivity (Wildman–Crippen MR) is 72.8 cm³/mol. The lowest BCUT2D eigenvalue weighted by atomic mass is 10.2. The number of thioether (sulfide) groups is 1. The highest BCUT2D eigenvalue weighted by atomic mass is 35.5. The van der Waals surface area contributed by atoms with Gasteiger partial charge in [0.15, 0.2) is 0 Å². The van der Waals surface area contributed by atoms with Crippen molar-refractivity contribution < 1.29 is 9.90 Å². The van der Waals surface area contributed by atoms with Gasteiger partial charge >= 0.3 is 0 Å². The number of halogens is 1. The number of aliphatic hydroxyl groups excluding tert-OH is 1. The van der Waals surface area contributed by atoms with Crippen molar-refractivity contribution in [2.45, 2.75) is 12.5 Å². The van der Waals surface area contributed by atoms with Crippen LogP contribution in [0.3, 0.4) is 0 Å². The highest BCUT2D eigenvalue weighted by Crippen LogP contribution is 2.15. The van der Waals surface area contributed by atoms with Crippen molar-refractivity contribution >= 4 is 29.3 Å². The summed E-state index contributed by atoms with van der Waals surface area (Å²) < 4.78 is 0. The van der Waals surface area contributed by atoms with E-state index in [9.17, 15) is 4.79 Å². The maximum Gasteiger partial charge on any atom is 0.253 e. The first-order valence-electron chi connectivity index (χ1n) is 5.34. The third-order valence-corrected chi connectivity index (χ3v) is 3.36. The molecule has 0 bridgehead atoms. The summed E-state index contributed by atoms with van der Waals surface area (Å²) in [4.78, 5) is 11.9. The molecule has 1 unspecified atom stereocenters. The molecule has 0 saturated carbocycles. The van der Waals surface area contributed by atoms with E-state index in [0.717, 1.165) is 5.75 Å². The van der Waals surface area contributed by atoms with Crippen molar-refractivity contribution in [3.63, 3.8) is 0 Å². The molecule has 0 aliphatic rings. The highest BCUT2D eigenvalue weighted by molar-refractivity contribution is 7.98. The van der Waals surface area contributed by atoms with Gasteiger partial charge in [-0.25, -0.2) is 0 Å². The van der Waals surface area contributed by atoms with Crippen molar-refractivity contribution in [2.75, 3.05) is 18.6 Å². The SMILES string of the molecule is CSCC(CCO)NC(=O)c1ccccc1Cl. The summed E-state index contributed by atoms with van der Waals surface area (Å²) >= 11 is 7.57. The Kier molecular flexibility index (Phi) is 6.40. The fourth-order valence-corrected chi connectivity index (χ4v) is 2.34.